The van der Waals surface area contributed by atoms with Crippen molar-refractivity contribution in [2.24, 2.45) is 0 Å². The summed E-state index contributed by atoms with van der Waals surface area (Å²) in [5.41, 5.74) is 8.78. The van der Waals surface area contributed by atoms with Crippen LogP contribution in [0.4, 0.5) is 5.69 Å². The van der Waals surface area contributed by atoms with Crippen molar-refractivity contribution in [1.29, 1.82) is 5.26 Å². The van der Waals surface area contributed by atoms with Crippen molar-refractivity contribution in [1.82, 2.24) is 0 Å². The maximum atomic E-state index is 12.5. The number of ether oxygens (including phenoxy) is 1. The SMILES string of the molecule is COc1cc(N)ccc1S(=O)Cc1ccc(C#N)cc1C. The number of nitrogens with zero attached hydrogens (tertiary/aromatic N) is 1. The summed E-state index contributed by atoms with van der Waals surface area (Å²) in [7, 11) is 0.294. The zero-order valence-electron chi connectivity index (χ0n) is 11.9. The van der Waals surface area contributed by atoms with E-state index in [1.807, 2.05) is 13.0 Å². The first-order chi connectivity index (χ1) is 10.0. The van der Waals surface area contributed by atoms with Gasteiger partial charge in [-0.3, -0.25) is 4.21 Å². The quantitative estimate of drug-likeness (QED) is 0.881. The molecule has 0 saturated heterocycles. The van der Waals surface area contributed by atoms with Crippen LogP contribution in [0.3, 0.4) is 0 Å². The van der Waals surface area contributed by atoms with E-state index in [4.69, 9.17) is 15.7 Å². The summed E-state index contributed by atoms with van der Waals surface area (Å²) in [6.07, 6.45) is 0. The zero-order valence-corrected chi connectivity index (χ0v) is 12.7. The smallest absolute Gasteiger partial charge is 0.137 e. The first kappa shape index (κ1) is 15.1. The molecule has 2 aromatic carbocycles. The standard InChI is InChI=1S/C16H16N2O2S/c1-11-7-12(9-17)3-4-13(11)10-21(19)16-6-5-14(18)8-15(16)20-2/h3-8H,10,18H2,1-2H3. The summed E-state index contributed by atoms with van der Waals surface area (Å²) in [6.45, 7) is 1.91. The summed E-state index contributed by atoms with van der Waals surface area (Å²) in [5.74, 6) is 0.900. The molecule has 21 heavy (non-hydrogen) atoms. The maximum absolute atomic E-state index is 12.5. The van der Waals surface area contributed by atoms with E-state index in [1.54, 1.807) is 30.3 Å². The second-order valence-electron chi connectivity index (χ2n) is 4.65. The normalized spacial score (nSPS) is 11.7. The minimum atomic E-state index is -1.24. The molecule has 0 bridgehead atoms. The summed E-state index contributed by atoms with van der Waals surface area (Å²) >= 11 is 0. The summed E-state index contributed by atoms with van der Waals surface area (Å²) in [4.78, 5) is 0.621. The number of anilines is 1. The number of methoxy groups -OCH3 is 1. The lowest BCUT2D eigenvalue weighted by Gasteiger charge is -2.10. The molecule has 1 unspecified atom stereocenters. The van der Waals surface area contributed by atoms with Crippen LogP contribution in [0.1, 0.15) is 16.7 Å². The van der Waals surface area contributed by atoms with E-state index in [0.29, 0.717) is 27.6 Å². The predicted octanol–water partition coefficient (Wildman–Crippen LogP) is 2.77. The number of hydrogen-bond donors (Lipinski definition) is 1. The molecule has 0 aliphatic heterocycles. The van der Waals surface area contributed by atoms with Crippen LogP contribution in [0, 0.1) is 18.3 Å². The van der Waals surface area contributed by atoms with E-state index in [9.17, 15) is 4.21 Å². The number of nitriles is 1. The number of nitrogens with two attached hydrogens (primary N) is 1. The number of nitrogen functional groups attached to an aromatic ring is 1. The molecule has 0 aromatic heterocycles. The summed E-state index contributed by atoms with van der Waals surface area (Å²) in [6, 6.07) is 12.6. The van der Waals surface area contributed by atoms with Crippen LogP contribution >= 0.6 is 0 Å². The van der Waals surface area contributed by atoms with Crippen LogP contribution in [0.2, 0.25) is 0 Å². The molecular formula is C16H16N2O2S. The number of hydrogen-bond acceptors (Lipinski definition) is 4. The largest absolute Gasteiger partial charge is 0.495 e. The third-order valence-corrected chi connectivity index (χ3v) is 4.59. The molecule has 0 aliphatic rings. The van der Waals surface area contributed by atoms with Crippen LogP contribution in [0.5, 0.6) is 5.75 Å². The highest BCUT2D eigenvalue weighted by molar-refractivity contribution is 7.84. The first-order valence-corrected chi connectivity index (χ1v) is 7.68. The van der Waals surface area contributed by atoms with Crippen LogP contribution in [-0.2, 0) is 16.6 Å². The first-order valence-electron chi connectivity index (χ1n) is 6.36. The van der Waals surface area contributed by atoms with E-state index >= 15 is 0 Å². The molecule has 0 fully saturated rings. The zero-order chi connectivity index (χ0) is 15.4. The van der Waals surface area contributed by atoms with Crippen molar-refractivity contribution in [3.8, 4) is 11.8 Å². The Balaban J connectivity index is 2.28. The van der Waals surface area contributed by atoms with Crippen molar-refractivity contribution < 1.29 is 8.95 Å². The molecule has 5 heteroatoms. The lowest BCUT2D eigenvalue weighted by atomic mass is 10.1. The highest BCUT2D eigenvalue weighted by atomic mass is 32.2. The van der Waals surface area contributed by atoms with Crippen LogP contribution in [0.25, 0.3) is 0 Å². The summed E-state index contributed by atoms with van der Waals surface area (Å²) in [5, 5.41) is 8.87. The molecule has 0 heterocycles. The minimum Gasteiger partial charge on any atom is -0.495 e. The van der Waals surface area contributed by atoms with Crippen LogP contribution < -0.4 is 10.5 Å². The van der Waals surface area contributed by atoms with Crippen LogP contribution in [-0.4, -0.2) is 11.3 Å². The van der Waals surface area contributed by atoms with Gasteiger partial charge in [0.15, 0.2) is 0 Å². The lowest BCUT2D eigenvalue weighted by Crippen LogP contribution is -2.02. The Labute approximate surface area is 126 Å². The molecule has 2 N–H and O–H groups in total. The highest BCUT2D eigenvalue weighted by Crippen LogP contribution is 2.27. The van der Waals surface area contributed by atoms with Crippen molar-refractivity contribution >= 4 is 16.5 Å². The predicted molar refractivity (Wildman–Crippen MR) is 83.4 cm³/mol. The summed E-state index contributed by atoms with van der Waals surface area (Å²) < 4.78 is 17.8. The Morgan fingerprint density at radius 2 is 2.05 bits per heavy atom. The van der Waals surface area contributed by atoms with Gasteiger partial charge in [0.1, 0.15) is 5.75 Å². The van der Waals surface area contributed by atoms with Gasteiger partial charge in [-0.2, -0.15) is 5.26 Å². The van der Waals surface area contributed by atoms with E-state index < -0.39 is 10.8 Å². The molecule has 2 rings (SSSR count). The molecule has 0 radical (unpaired) electrons. The second-order valence-corrected chi connectivity index (χ2v) is 6.07. The molecule has 2 aromatic rings. The average molecular weight is 300 g/mol. The fraction of sp³-hybridized carbons (Fsp3) is 0.188. The van der Waals surface area contributed by atoms with E-state index in [2.05, 4.69) is 6.07 Å². The molecular weight excluding hydrogens is 284 g/mol. The van der Waals surface area contributed by atoms with Gasteiger partial charge in [-0.1, -0.05) is 6.07 Å². The Kier molecular flexibility index (Phi) is 4.61. The molecule has 0 amide bonds. The lowest BCUT2D eigenvalue weighted by molar-refractivity contribution is 0.404. The molecule has 0 aliphatic carbocycles. The third-order valence-electron chi connectivity index (χ3n) is 3.19. The molecule has 1 atom stereocenters. The maximum Gasteiger partial charge on any atom is 0.137 e. The van der Waals surface area contributed by atoms with Gasteiger partial charge in [0, 0.05) is 11.8 Å². The molecule has 4 nitrogen and oxygen atoms in total. The number of aryl methyl sites for hydroxylation is 1. The van der Waals surface area contributed by atoms with Gasteiger partial charge in [-0.25, -0.2) is 0 Å². The van der Waals surface area contributed by atoms with Gasteiger partial charge in [-0.15, -0.1) is 0 Å². The van der Waals surface area contributed by atoms with Crippen LogP contribution in [0.15, 0.2) is 41.3 Å². The van der Waals surface area contributed by atoms with E-state index in [1.165, 1.54) is 7.11 Å². The molecule has 108 valence electrons. The Morgan fingerprint density at radius 1 is 1.29 bits per heavy atom. The van der Waals surface area contributed by atoms with Crippen molar-refractivity contribution in [2.45, 2.75) is 17.6 Å². The third kappa shape index (κ3) is 3.41. The van der Waals surface area contributed by atoms with E-state index in [-0.39, 0.29) is 0 Å². The number of rotatable bonds is 4. The van der Waals surface area contributed by atoms with Gasteiger partial charge in [0.2, 0.25) is 0 Å². The molecule has 0 saturated carbocycles. The van der Waals surface area contributed by atoms with Gasteiger partial charge < -0.3 is 10.5 Å². The minimum absolute atomic E-state index is 0.373. The highest BCUT2D eigenvalue weighted by Gasteiger charge is 2.13. The number of benzene rings is 2. The van der Waals surface area contributed by atoms with Gasteiger partial charge in [0.05, 0.1) is 40.2 Å². The van der Waals surface area contributed by atoms with Crippen molar-refractivity contribution in [3.05, 3.63) is 53.1 Å². The average Bonchev–Trinajstić information content (AvgIpc) is 2.48. The Morgan fingerprint density at radius 3 is 2.67 bits per heavy atom. The fourth-order valence-corrected chi connectivity index (χ4v) is 3.37. The van der Waals surface area contributed by atoms with Gasteiger partial charge in [-0.05, 0) is 42.3 Å². The van der Waals surface area contributed by atoms with Crippen molar-refractivity contribution in [3.63, 3.8) is 0 Å². The van der Waals surface area contributed by atoms with E-state index in [0.717, 1.165) is 11.1 Å². The van der Waals surface area contributed by atoms with Crippen molar-refractivity contribution in [2.75, 3.05) is 12.8 Å². The fourth-order valence-electron chi connectivity index (χ4n) is 2.02. The monoisotopic (exact) mass is 300 g/mol. The Hall–Kier alpha value is -2.32. The van der Waals surface area contributed by atoms with Gasteiger partial charge >= 0.3 is 0 Å². The Bertz CT molecular complexity index is 736. The van der Waals surface area contributed by atoms with Gasteiger partial charge in [0.25, 0.3) is 0 Å². The topological polar surface area (TPSA) is 76.1 Å². The second kappa shape index (κ2) is 6.42. The molecule has 0 spiro atoms.